The Kier molecular flexibility index (Phi) is 7.82. The molecule has 0 spiro atoms. The van der Waals surface area contributed by atoms with Gasteiger partial charge in [0, 0.05) is 36.6 Å². The number of carbonyl (C=O) groups excluding carboxylic acids is 2. The molecule has 0 saturated heterocycles. The molecule has 184 valence electrons. The van der Waals surface area contributed by atoms with Crippen molar-refractivity contribution < 1.29 is 29.0 Å². The number of carboxylic acids is 1. The third kappa shape index (κ3) is 6.20. The molecule has 2 amide bonds. The third-order valence-electron chi connectivity index (χ3n) is 5.51. The van der Waals surface area contributed by atoms with Crippen LogP contribution in [-0.2, 0) is 11.2 Å². The van der Waals surface area contributed by atoms with Crippen LogP contribution in [0.3, 0.4) is 0 Å². The minimum atomic E-state index is -1.24. The Morgan fingerprint density at radius 2 is 1.47 bits per heavy atom. The van der Waals surface area contributed by atoms with E-state index in [-0.39, 0.29) is 25.3 Å². The summed E-state index contributed by atoms with van der Waals surface area (Å²) in [5.74, 6) is -0.560. The first-order valence-electron chi connectivity index (χ1n) is 11.3. The van der Waals surface area contributed by atoms with E-state index in [2.05, 4.69) is 10.3 Å². The number of H-pyrrole nitrogens is 1. The number of aromatic amines is 1. The van der Waals surface area contributed by atoms with Crippen molar-refractivity contribution in [1.82, 2.24) is 15.2 Å². The van der Waals surface area contributed by atoms with Crippen LogP contribution in [-0.4, -0.2) is 52.3 Å². The van der Waals surface area contributed by atoms with Gasteiger partial charge in [0.15, 0.2) is 0 Å². The molecule has 9 heteroatoms. The number of ether oxygens (including phenoxy) is 2. The molecule has 0 saturated carbocycles. The summed E-state index contributed by atoms with van der Waals surface area (Å²) in [7, 11) is 0. The van der Waals surface area contributed by atoms with Crippen molar-refractivity contribution in [2.24, 2.45) is 0 Å². The van der Waals surface area contributed by atoms with Crippen LogP contribution in [0.15, 0.2) is 91.1 Å². The predicted molar refractivity (Wildman–Crippen MR) is 133 cm³/mol. The van der Waals surface area contributed by atoms with E-state index in [0.29, 0.717) is 5.75 Å². The van der Waals surface area contributed by atoms with Crippen LogP contribution < -0.4 is 14.8 Å². The van der Waals surface area contributed by atoms with Crippen LogP contribution in [0.5, 0.6) is 11.5 Å². The number of amides is 2. The summed E-state index contributed by atoms with van der Waals surface area (Å²) in [4.78, 5) is 41.8. The van der Waals surface area contributed by atoms with Crippen LogP contribution in [0, 0.1) is 0 Å². The Bertz CT molecular complexity index is 1320. The molecule has 3 N–H and O–H groups in total. The molecule has 3 aromatic carbocycles. The zero-order valence-corrected chi connectivity index (χ0v) is 19.3. The van der Waals surface area contributed by atoms with Gasteiger partial charge >= 0.3 is 18.2 Å². The quantitative estimate of drug-likeness (QED) is 0.321. The molecule has 1 unspecified atom stereocenters. The summed E-state index contributed by atoms with van der Waals surface area (Å²) >= 11 is 0. The zero-order valence-electron chi connectivity index (χ0n) is 19.3. The van der Waals surface area contributed by atoms with E-state index in [1.54, 1.807) is 66.9 Å². The van der Waals surface area contributed by atoms with Crippen LogP contribution in [0.4, 0.5) is 9.59 Å². The number of rotatable bonds is 9. The maximum Gasteiger partial charge on any atom is 0.416 e. The number of para-hydroxylation sites is 3. The van der Waals surface area contributed by atoms with Crippen molar-refractivity contribution in [3.63, 3.8) is 0 Å². The lowest BCUT2D eigenvalue weighted by atomic mass is 10.0. The molecule has 1 atom stereocenters. The van der Waals surface area contributed by atoms with Crippen molar-refractivity contribution in [2.45, 2.75) is 12.5 Å². The Hall–Kier alpha value is -4.79. The zero-order chi connectivity index (χ0) is 25.3. The highest BCUT2D eigenvalue weighted by atomic mass is 16.6. The Labute approximate surface area is 207 Å². The number of carbonyl (C=O) groups is 3. The monoisotopic (exact) mass is 487 g/mol. The number of nitrogens with zero attached hydrogens (tertiary/aromatic N) is 1. The summed E-state index contributed by atoms with van der Waals surface area (Å²) < 4.78 is 10.6. The van der Waals surface area contributed by atoms with Gasteiger partial charge in [-0.15, -0.1) is 0 Å². The lowest BCUT2D eigenvalue weighted by Gasteiger charge is -2.28. The summed E-state index contributed by atoms with van der Waals surface area (Å²) in [6, 6.07) is 23.1. The number of nitrogens with one attached hydrogen (secondary N) is 2. The smallest absolute Gasteiger partial charge is 0.416 e. The highest BCUT2D eigenvalue weighted by Crippen LogP contribution is 2.21. The second-order valence-corrected chi connectivity index (χ2v) is 7.92. The predicted octanol–water partition coefficient (Wildman–Crippen LogP) is 4.45. The molecule has 36 heavy (non-hydrogen) atoms. The highest BCUT2D eigenvalue weighted by molar-refractivity contribution is 5.86. The molecule has 0 aliphatic rings. The molecule has 1 aromatic heterocycles. The van der Waals surface area contributed by atoms with Gasteiger partial charge in [-0.2, -0.15) is 0 Å². The Morgan fingerprint density at radius 3 is 2.14 bits per heavy atom. The number of hydrogen-bond acceptors (Lipinski definition) is 5. The molecule has 0 radical (unpaired) electrons. The number of benzene rings is 3. The second-order valence-electron chi connectivity index (χ2n) is 7.92. The molecule has 0 fully saturated rings. The number of fused-ring (bicyclic) bond motifs is 1. The van der Waals surface area contributed by atoms with Crippen LogP contribution in [0.2, 0.25) is 0 Å². The minimum absolute atomic E-state index is 0.0394. The van der Waals surface area contributed by atoms with Gasteiger partial charge in [0.2, 0.25) is 0 Å². The summed E-state index contributed by atoms with van der Waals surface area (Å²) in [6.07, 6.45) is 0.210. The fourth-order valence-electron chi connectivity index (χ4n) is 3.77. The number of aromatic nitrogens is 1. The molecule has 4 aromatic rings. The second kappa shape index (κ2) is 11.6. The fraction of sp³-hybridized carbons (Fsp3) is 0.148. The largest absolute Gasteiger partial charge is 0.480 e. The van der Waals surface area contributed by atoms with Crippen molar-refractivity contribution in [3.05, 3.63) is 96.7 Å². The molecule has 0 bridgehead atoms. The SMILES string of the molecule is O=C(NCCN(C(=O)Oc1ccccc1)C(Cc1c[nH]c2ccccc12)C(=O)O)Oc1ccccc1. The van der Waals surface area contributed by atoms with Crippen molar-refractivity contribution >= 4 is 29.1 Å². The van der Waals surface area contributed by atoms with E-state index in [1.165, 1.54) is 0 Å². The van der Waals surface area contributed by atoms with Crippen LogP contribution in [0.1, 0.15) is 5.56 Å². The molecular weight excluding hydrogens is 462 g/mol. The average molecular weight is 488 g/mol. The molecular formula is C27H25N3O6. The van der Waals surface area contributed by atoms with Gasteiger partial charge in [-0.1, -0.05) is 54.6 Å². The molecule has 9 nitrogen and oxygen atoms in total. The maximum absolute atomic E-state index is 13.1. The van der Waals surface area contributed by atoms with E-state index < -0.39 is 24.2 Å². The first-order valence-corrected chi connectivity index (χ1v) is 11.3. The summed E-state index contributed by atoms with van der Waals surface area (Å²) in [5.41, 5.74) is 1.60. The van der Waals surface area contributed by atoms with E-state index >= 15 is 0 Å². The summed E-state index contributed by atoms with van der Waals surface area (Å²) in [6.45, 7) is -0.165. The fourth-order valence-corrected chi connectivity index (χ4v) is 3.77. The Balaban J connectivity index is 1.50. The topological polar surface area (TPSA) is 121 Å². The molecule has 0 aliphatic carbocycles. The lowest BCUT2D eigenvalue weighted by molar-refractivity contribution is -0.142. The third-order valence-corrected chi connectivity index (χ3v) is 5.51. The van der Waals surface area contributed by atoms with Crippen molar-refractivity contribution in [2.75, 3.05) is 13.1 Å². The van der Waals surface area contributed by atoms with E-state index in [9.17, 15) is 19.5 Å². The normalized spacial score (nSPS) is 11.4. The van der Waals surface area contributed by atoms with E-state index in [1.807, 2.05) is 24.3 Å². The standard InChI is InChI=1S/C27H25N3O6/c31-25(32)24(17-19-18-29-23-14-8-7-13-22(19)23)30(27(34)36-21-11-5-2-6-12-21)16-15-28-26(33)35-20-9-3-1-4-10-20/h1-14,18,24,29H,15-17H2,(H,28,33)(H,31,32). The molecule has 0 aliphatic heterocycles. The number of hydrogen-bond donors (Lipinski definition) is 3. The first kappa shape index (κ1) is 24.3. The van der Waals surface area contributed by atoms with Crippen LogP contribution in [0.25, 0.3) is 10.9 Å². The van der Waals surface area contributed by atoms with Gasteiger partial charge in [-0.3, -0.25) is 4.90 Å². The van der Waals surface area contributed by atoms with Gasteiger partial charge in [0.25, 0.3) is 0 Å². The number of carboxylic acid groups (broad SMARTS) is 1. The van der Waals surface area contributed by atoms with Crippen LogP contribution >= 0.6 is 0 Å². The summed E-state index contributed by atoms with van der Waals surface area (Å²) in [5, 5.41) is 13.5. The van der Waals surface area contributed by atoms with Gasteiger partial charge in [-0.25, -0.2) is 14.4 Å². The number of aliphatic carboxylic acids is 1. The first-order chi connectivity index (χ1) is 17.5. The van der Waals surface area contributed by atoms with Gasteiger partial charge in [0.1, 0.15) is 17.5 Å². The van der Waals surface area contributed by atoms with Gasteiger partial charge in [0.05, 0.1) is 0 Å². The lowest BCUT2D eigenvalue weighted by Crippen LogP contribution is -2.50. The van der Waals surface area contributed by atoms with Gasteiger partial charge < -0.3 is 24.9 Å². The average Bonchev–Trinajstić information content (AvgIpc) is 3.29. The minimum Gasteiger partial charge on any atom is -0.480 e. The molecule has 4 rings (SSSR count). The highest BCUT2D eigenvalue weighted by Gasteiger charge is 2.32. The maximum atomic E-state index is 13.1. The molecule has 1 heterocycles. The van der Waals surface area contributed by atoms with E-state index in [0.717, 1.165) is 21.4 Å². The van der Waals surface area contributed by atoms with Crippen molar-refractivity contribution in [1.29, 1.82) is 0 Å². The van der Waals surface area contributed by atoms with Crippen molar-refractivity contribution in [3.8, 4) is 11.5 Å². The Morgan fingerprint density at radius 1 is 0.861 bits per heavy atom. The van der Waals surface area contributed by atoms with Gasteiger partial charge in [-0.05, 0) is 35.9 Å². The van der Waals surface area contributed by atoms with E-state index in [4.69, 9.17) is 9.47 Å².